The number of nitrogens with one attached hydrogen (secondary N) is 2. The van der Waals surface area contributed by atoms with Gasteiger partial charge in [0.15, 0.2) is 11.3 Å². The molecule has 0 spiro atoms. The summed E-state index contributed by atoms with van der Waals surface area (Å²) in [6.07, 6.45) is 6.01. The Morgan fingerprint density at radius 1 is 1.21 bits per heavy atom. The highest BCUT2D eigenvalue weighted by molar-refractivity contribution is 5.85. The third kappa shape index (κ3) is 4.14. The smallest absolute Gasteiger partial charge is 0.222 e. The van der Waals surface area contributed by atoms with Crippen molar-refractivity contribution in [2.24, 2.45) is 0 Å². The number of hydrogen-bond donors (Lipinski definition) is 3. The van der Waals surface area contributed by atoms with Crippen molar-refractivity contribution < 1.29 is 0 Å². The lowest BCUT2D eigenvalue weighted by Crippen LogP contribution is -2.43. The van der Waals surface area contributed by atoms with Gasteiger partial charge in [-0.15, -0.1) is 0 Å². The van der Waals surface area contributed by atoms with Crippen LogP contribution in [0.1, 0.15) is 25.5 Å². The highest BCUT2D eigenvalue weighted by atomic mass is 15.3. The number of unbranched alkanes of at least 4 members (excludes halogenated alkanes) is 1. The average Bonchev–Trinajstić information content (AvgIpc) is 3.11. The molecule has 1 aliphatic rings. The Morgan fingerprint density at radius 2 is 2.07 bits per heavy atom. The van der Waals surface area contributed by atoms with Crippen LogP contribution >= 0.6 is 0 Å². The number of nitrogen functional groups attached to an aromatic ring is 1. The first-order valence-corrected chi connectivity index (χ1v) is 9.88. The van der Waals surface area contributed by atoms with Gasteiger partial charge in [-0.25, -0.2) is 4.98 Å². The Morgan fingerprint density at radius 3 is 2.82 bits per heavy atom. The van der Waals surface area contributed by atoms with Crippen LogP contribution in [-0.4, -0.2) is 57.5 Å². The topological polar surface area (TPSA) is 110 Å². The second kappa shape index (κ2) is 8.39. The fourth-order valence-electron chi connectivity index (χ4n) is 3.35. The lowest BCUT2D eigenvalue weighted by atomic mass is 10.2. The number of piperazine rings is 1. The predicted molar refractivity (Wildman–Crippen MR) is 112 cm³/mol. The van der Waals surface area contributed by atoms with Gasteiger partial charge in [-0.2, -0.15) is 10.1 Å². The van der Waals surface area contributed by atoms with Crippen molar-refractivity contribution in [1.82, 2.24) is 30.0 Å². The van der Waals surface area contributed by atoms with Crippen LogP contribution in [0.5, 0.6) is 0 Å². The summed E-state index contributed by atoms with van der Waals surface area (Å²) in [6.45, 7) is 7.62. The Bertz CT molecular complexity index is 913. The first-order valence-electron chi connectivity index (χ1n) is 9.88. The van der Waals surface area contributed by atoms with Crippen LogP contribution in [0.3, 0.4) is 0 Å². The second-order valence-corrected chi connectivity index (χ2v) is 7.02. The number of rotatable bonds is 7. The van der Waals surface area contributed by atoms with Crippen molar-refractivity contribution in [3.8, 4) is 0 Å². The maximum absolute atomic E-state index is 5.86. The number of nitrogens with two attached hydrogens (primary N) is 1. The van der Waals surface area contributed by atoms with E-state index in [2.05, 4.69) is 54.6 Å². The van der Waals surface area contributed by atoms with Gasteiger partial charge in [-0.05, 0) is 18.6 Å². The summed E-state index contributed by atoms with van der Waals surface area (Å²) in [4.78, 5) is 15.6. The number of nitrogens with zero attached hydrogens (tertiary/aromatic N) is 6. The summed E-state index contributed by atoms with van der Waals surface area (Å²) in [7, 11) is 0. The summed E-state index contributed by atoms with van der Waals surface area (Å²) in [5, 5.41) is 11.3. The third-order valence-electron chi connectivity index (χ3n) is 4.87. The van der Waals surface area contributed by atoms with Crippen molar-refractivity contribution >= 4 is 28.5 Å². The number of aromatic nitrogens is 5. The summed E-state index contributed by atoms with van der Waals surface area (Å²) in [5.41, 5.74) is 9.45. The van der Waals surface area contributed by atoms with E-state index in [-0.39, 0.29) is 5.95 Å². The zero-order valence-corrected chi connectivity index (χ0v) is 16.2. The van der Waals surface area contributed by atoms with Gasteiger partial charge in [-0.1, -0.05) is 13.3 Å². The fraction of sp³-hybridized carbons (Fsp3) is 0.474. The van der Waals surface area contributed by atoms with E-state index in [4.69, 9.17) is 5.73 Å². The SMILES string of the molecule is CCCCNc1nc(N)nc2cn(Cc3ccc(N4CCNCC4)cn3)nc12. The molecule has 28 heavy (non-hydrogen) atoms. The van der Waals surface area contributed by atoms with Gasteiger partial charge in [-0.3, -0.25) is 9.67 Å². The lowest BCUT2D eigenvalue weighted by Gasteiger charge is -2.29. The van der Waals surface area contributed by atoms with Gasteiger partial charge in [0.2, 0.25) is 5.95 Å². The zero-order valence-electron chi connectivity index (χ0n) is 16.2. The van der Waals surface area contributed by atoms with E-state index in [1.165, 1.54) is 0 Å². The molecule has 0 aliphatic carbocycles. The average molecular weight is 381 g/mol. The third-order valence-corrected chi connectivity index (χ3v) is 4.87. The largest absolute Gasteiger partial charge is 0.368 e. The van der Waals surface area contributed by atoms with Crippen LogP contribution < -0.4 is 21.3 Å². The molecule has 1 saturated heterocycles. The first kappa shape index (κ1) is 18.4. The Hall–Kier alpha value is -2.94. The molecule has 4 N–H and O–H groups in total. The molecule has 9 heteroatoms. The van der Waals surface area contributed by atoms with E-state index >= 15 is 0 Å². The van der Waals surface area contributed by atoms with Crippen LogP contribution in [0, 0.1) is 0 Å². The zero-order chi connectivity index (χ0) is 19.3. The molecule has 0 radical (unpaired) electrons. The van der Waals surface area contributed by atoms with E-state index < -0.39 is 0 Å². The molecule has 1 aliphatic heterocycles. The quantitative estimate of drug-likeness (QED) is 0.528. The Kier molecular flexibility index (Phi) is 5.52. The molecular formula is C19H27N9. The predicted octanol–water partition coefficient (Wildman–Crippen LogP) is 1.47. The van der Waals surface area contributed by atoms with Gasteiger partial charge in [0.05, 0.1) is 30.3 Å². The van der Waals surface area contributed by atoms with Gasteiger partial charge in [0, 0.05) is 32.7 Å². The number of anilines is 3. The molecule has 3 aromatic rings. The van der Waals surface area contributed by atoms with Crippen LogP contribution in [0.25, 0.3) is 11.0 Å². The summed E-state index contributed by atoms with van der Waals surface area (Å²) >= 11 is 0. The van der Waals surface area contributed by atoms with E-state index in [0.29, 0.717) is 12.4 Å². The van der Waals surface area contributed by atoms with Crippen molar-refractivity contribution in [2.75, 3.05) is 48.7 Å². The summed E-state index contributed by atoms with van der Waals surface area (Å²) < 4.78 is 1.84. The van der Waals surface area contributed by atoms with Crippen LogP contribution in [0.15, 0.2) is 24.5 Å². The maximum atomic E-state index is 5.86. The van der Waals surface area contributed by atoms with E-state index in [1.54, 1.807) is 0 Å². The Balaban J connectivity index is 1.50. The minimum atomic E-state index is 0.254. The monoisotopic (exact) mass is 381 g/mol. The maximum Gasteiger partial charge on any atom is 0.222 e. The van der Waals surface area contributed by atoms with Crippen LogP contribution in [0.2, 0.25) is 0 Å². The molecule has 3 aromatic heterocycles. The fourth-order valence-corrected chi connectivity index (χ4v) is 3.35. The molecule has 9 nitrogen and oxygen atoms in total. The molecule has 0 bridgehead atoms. The molecule has 0 saturated carbocycles. The van der Waals surface area contributed by atoms with E-state index in [9.17, 15) is 0 Å². The number of hydrogen-bond acceptors (Lipinski definition) is 8. The van der Waals surface area contributed by atoms with Crippen molar-refractivity contribution in [3.63, 3.8) is 0 Å². The molecular weight excluding hydrogens is 354 g/mol. The van der Waals surface area contributed by atoms with E-state index in [0.717, 1.165) is 68.0 Å². The summed E-state index contributed by atoms with van der Waals surface area (Å²) in [6, 6.07) is 4.19. The van der Waals surface area contributed by atoms with Crippen LogP contribution in [0.4, 0.5) is 17.5 Å². The Labute approximate surface area is 164 Å². The van der Waals surface area contributed by atoms with Gasteiger partial charge in [0.25, 0.3) is 0 Å². The molecule has 4 heterocycles. The van der Waals surface area contributed by atoms with Crippen molar-refractivity contribution in [2.45, 2.75) is 26.3 Å². The number of fused-ring (bicyclic) bond motifs is 1. The van der Waals surface area contributed by atoms with Gasteiger partial charge < -0.3 is 21.3 Å². The minimum Gasteiger partial charge on any atom is -0.368 e. The normalized spacial score (nSPS) is 14.5. The lowest BCUT2D eigenvalue weighted by molar-refractivity contribution is 0.588. The molecule has 148 valence electrons. The highest BCUT2D eigenvalue weighted by Crippen LogP contribution is 2.20. The molecule has 4 rings (SSSR count). The number of pyridine rings is 1. The molecule has 0 aromatic carbocycles. The standard InChI is InChI=1S/C19H27N9/c1-2-3-6-22-18-17-16(24-19(20)25-18)13-28(26-17)12-14-4-5-15(11-23-14)27-9-7-21-8-10-27/h4-5,11,13,21H,2-3,6-10,12H2,1H3,(H3,20,22,24,25). The summed E-state index contributed by atoms with van der Waals surface area (Å²) in [5.74, 6) is 0.946. The van der Waals surface area contributed by atoms with Crippen LogP contribution in [-0.2, 0) is 6.54 Å². The minimum absolute atomic E-state index is 0.254. The van der Waals surface area contributed by atoms with Crippen molar-refractivity contribution in [1.29, 1.82) is 0 Å². The highest BCUT2D eigenvalue weighted by Gasteiger charge is 2.13. The first-order chi connectivity index (χ1) is 13.7. The molecule has 0 atom stereocenters. The molecule has 0 unspecified atom stereocenters. The molecule has 1 fully saturated rings. The molecule has 0 amide bonds. The van der Waals surface area contributed by atoms with Gasteiger partial charge in [0.1, 0.15) is 5.52 Å². The second-order valence-electron chi connectivity index (χ2n) is 7.02. The van der Waals surface area contributed by atoms with Gasteiger partial charge >= 0.3 is 0 Å². The van der Waals surface area contributed by atoms with E-state index in [1.807, 2.05) is 17.1 Å². The van der Waals surface area contributed by atoms with Crippen molar-refractivity contribution in [3.05, 3.63) is 30.2 Å².